The first-order valence-electron chi connectivity index (χ1n) is 8.45. The molecule has 0 unspecified atom stereocenters. The number of nitro groups is 1. The van der Waals surface area contributed by atoms with Crippen molar-refractivity contribution in [1.29, 1.82) is 0 Å². The first-order valence-corrected chi connectivity index (χ1v) is 10.3. The average Bonchev–Trinajstić information content (AvgIpc) is 2.69. The van der Waals surface area contributed by atoms with E-state index in [1.807, 2.05) is 0 Å². The van der Waals surface area contributed by atoms with Crippen LogP contribution in [0.25, 0.3) is 0 Å². The quantitative estimate of drug-likeness (QED) is 0.373. The van der Waals surface area contributed by atoms with Gasteiger partial charge in [-0.15, -0.1) is 0 Å². The third kappa shape index (κ3) is 5.04. The molecule has 3 N–H and O–H groups in total. The molecule has 0 aromatic heterocycles. The molecule has 0 fully saturated rings. The average molecular weight is 447 g/mol. The summed E-state index contributed by atoms with van der Waals surface area (Å²) in [5.41, 5.74) is 0.424. The summed E-state index contributed by atoms with van der Waals surface area (Å²) in [6.45, 7) is 0. The van der Waals surface area contributed by atoms with Gasteiger partial charge in [0.1, 0.15) is 10.6 Å². The van der Waals surface area contributed by atoms with Crippen LogP contribution in [0.3, 0.4) is 0 Å². The minimum absolute atomic E-state index is 0.0455. The Kier molecular flexibility index (Phi) is 6.19. The number of carbonyl (C=O) groups is 1. The van der Waals surface area contributed by atoms with Crippen molar-refractivity contribution in [3.63, 3.8) is 0 Å². The molecular weight excluding hydrogens is 432 g/mol. The highest BCUT2D eigenvalue weighted by molar-refractivity contribution is 7.92. The molecule has 0 aliphatic rings. The Morgan fingerprint density at radius 1 is 0.867 bits per heavy atom. The molecule has 3 aromatic rings. The maximum atomic E-state index is 12.4. The number of nitrogens with one attached hydrogen (secondary N) is 3. The second-order valence-corrected chi connectivity index (χ2v) is 8.02. The molecule has 0 atom stereocenters. The zero-order chi connectivity index (χ0) is 21.7. The molecule has 0 saturated heterocycles. The number of hydrogen-bond acceptors (Lipinski definition) is 5. The van der Waals surface area contributed by atoms with Crippen LogP contribution < -0.4 is 15.4 Å². The second-order valence-electron chi connectivity index (χ2n) is 5.97. The number of anilines is 3. The molecule has 3 rings (SSSR count). The van der Waals surface area contributed by atoms with E-state index in [0.29, 0.717) is 5.69 Å². The van der Waals surface area contributed by atoms with Crippen molar-refractivity contribution < 1.29 is 18.1 Å². The van der Waals surface area contributed by atoms with Gasteiger partial charge in [-0.3, -0.25) is 14.8 Å². The van der Waals surface area contributed by atoms with Crippen LogP contribution in [-0.2, 0) is 10.0 Å². The molecule has 30 heavy (non-hydrogen) atoms. The Bertz CT molecular complexity index is 1200. The number of hydrogen-bond donors (Lipinski definition) is 3. The Morgan fingerprint density at radius 2 is 1.47 bits per heavy atom. The van der Waals surface area contributed by atoms with E-state index in [1.54, 1.807) is 18.2 Å². The Labute approximate surface area is 176 Å². The molecular formula is C19H15ClN4O5S. The largest absolute Gasteiger partial charge is 0.323 e. The van der Waals surface area contributed by atoms with Gasteiger partial charge in [-0.05, 0) is 42.5 Å². The standard InChI is InChI=1S/C19H15ClN4O5S/c20-15-5-1-4-8-18(15)30(28,29)23-14-11-9-13(10-12-14)21-19(25)22-16-6-2-3-7-17(16)24(26)27/h1-12,23H,(H2,21,22,25). The summed E-state index contributed by atoms with van der Waals surface area (Å²) in [5.74, 6) is 0. The van der Waals surface area contributed by atoms with E-state index in [1.165, 1.54) is 54.6 Å². The third-order valence-electron chi connectivity index (χ3n) is 3.87. The van der Waals surface area contributed by atoms with Crippen LogP contribution in [0.2, 0.25) is 5.02 Å². The predicted molar refractivity (Wildman–Crippen MR) is 114 cm³/mol. The topological polar surface area (TPSA) is 130 Å². The van der Waals surface area contributed by atoms with Crippen molar-refractivity contribution in [2.45, 2.75) is 4.90 Å². The van der Waals surface area contributed by atoms with Crippen LogP contribution in [-0.4, -0.2) is 19.4 Å². The van der Waals surface area contributed by atoms with Gasteiger partial charge in [-0.1, -0.05) is 35.9 Å². The molecule has 9 nitrogen and oxygen atoms in total. The van der Waals surface area contributed by atoms with Gasteiger partial charge < -0.3 is 10.6 Å². The molecule has 0 radical (unpaired) electrons. The molecule has 2 amide bonds. The summed E-state index contributed by atoms with van der Waals surface area (Å²) in [4.78, 5) is 22.5. The van der Waals surface area contributed by atoms with Crippen molar-refractivity contribution in [2.24, 2.45) is 0 Å². The van der Waals surface area contributed by atoms with Crippen molar-refractivity contribution in [1.82, 2.24) is 0 Å². The number of carbonyl (C=O) groups excluding carboxylic acids is 1. The van der Waals surface area contributed by atoms with Gasteiger partial charge in [0.2, 0.25) is 0 Å². The van der Waals surface area contributed by atoms with Crippen LogP contribution >= 0.6 is 11.6 Å². The Balaban J connectivity index is 1.67. The van der Waals surface area contributed by atoms with E-state index in [2.05, 4.69) is 15.4 Å². The molecule has 11 heteroatoms. The Hall–Kier alpha value is -3.63. The van der Waals surface area contributed by atoms with E-state index in [-0.39, 0.29) is 27.0 Å². The maximum Gasteiger partial charge on any atom is 0.323 e. The third-order valence-corrected chi connectivity index (χ3v) is 5.75. The number of rotatable bonds is 6. The number of benzene rings is 3. The molecule has 0 aliphatic carbocycles. The molecule has 0 bridgehead atoms. The summed E-state index contributed by atoms with van der Waals surface area (Å²) in [6.07, 6.45) is 0. The van der Waals surface area contributed by atoms with Crippen molar-refractivity contribution in [2.75, 3.05) is 15.4 Å². The van der Waals surface area contributed by atoms with Crippen LogP contribution in [0, 0.1) is 10.1 Å². The fourth-order valence-corrected chi connectivity index (χ4v) is 4.10. The van der Waals surface area contributed by atoms with Gasteiger partial charge in [-0.25, -0.2) is 13.2 Å². The number of nitrogens with zero attached hydrogens (tertiary/aromatic N) is 1. The molecule has 0 saturated carbocycles. The molecule has 0 heterocycles. The van der Waals surface area contributed by atoms with E-state index in [4.69, 9.17) is 11.6 Å². The van der Waals surface area contributed by atoms with Crippen LogP contribution in [0.15, 0.2) is 77.7 Å². The minimum Gasteiger partial charge on any atom is -0.308 e. The van der Waals surface area contributed by atoms with E-state index in [9.17, 15) is 23.3 Å². The number of sulfonamides is 1. The number of nitro benzene ring substituents is 1. The SMILES string of the molecule is O=C(Nc1ccc(NS(=O)(=O)c2ccccc2Cl)cc1)Nc1ccccc1[N+](=O)[O-]. The minimum atomic E-state index is -3.88. The number of urea groups is 1. The summed E-state index contributed by atoms with van der Waals surface area (Å²) >= 11 is 5.94. The Morgan fingerprint density at radius 3 is 2.13 bits per heavy atom. The number of para-hydroxylation sites is 2. The van der Waals surface area contributed by atoms with Gasteiger partial charge in [-0.2, -0.15) is 0 Å². The van der Waals surface area contributed by atoms with Crippen molar-refractivity contribution in [3.05, 3.63) is 87.9 Å². The first-order chi connectivity index (χ1) is 14.3. The highest BCUT2D eigenvalue weighted by Crippen LogP contribution is 2.25. The highest BCUT2D eigenvalue weighted by Gasteiger charge is 2.18. The lowest BCUT2D eigenvalue weighted by molar-refractivity contribution is -0.383. The van der Waals surface area contributed by atoms with E-state index >= 15 is 0 Å². The number of amides is 2. The van der Waals surface area contributed by atoms with E-state index in [0.717, 1.165) is 0 Å². The summed E-state index contributed by atoms with van der Waals surface area (Å²) in [7, 11) is -3.88. The highest BCUT2D eigenvalue weighted by atomic mass is 35.5. The van der Waals surface area contributed by atoms with Gasteiger partial charge >= 0.3 is 6.03 Å². The fourth-order valence-electron chi connectivity index (χ4n) is 2.52. The number of halogens is 1. The van der Waals surface area contributed by atoms with Crippen molar-refractivity contribution >= 4 is 50.4 Å². The molecule has 0 aliphatic heterocycles. The van der Waals surface area contributed by atoms with Gasteiger partial charge in [0.05, 0.1) is 9.95 Å². The smallest absolute Gasteiger partial charge is 0.308 e. The normalized spacial score (nSPS) is 10.8. The summed E-state index contributed by atoms with van der Waals surface area (Å²) in [5, 5.41) is 16.0. The van der Waals surface area contributed by atoms with Crippen molar-refractivity contribution in [3.8, 4) is 0 Å². The van der Waals surface area contributed by atoms with Gasteiger partial charge in [0, 0.05) is 17.4 Å². The van der Waals surface area contributed by atoms with E-state index < -0.39 is 21.0 Å². The molecule has 154 valence electrons. The first kappa shape index (κ1) is 21.1. The summed E-state index contributed by atoms with van der Waals surface area (Å²) in [6, 6.07) is 16.9. The van der Waals surface area contributed by atoms with Gasteiger partial charge in [0.25, 0.3) is 15.7 Å². The lowest BCUT2D eigenvalue weighted by Crippen LogP contribution is -2.20. The fraction of sp³-hybridized carbons (Fsp3) is 0. The zero-order valence-corrected chi connectivity index (χ0v) is 16.8. The molecule has 3 aromatic carbocycles. The summed E-state index contributed by atoms with van der Waals surface area (Å²) < 4.78 is 27.3. The maximum absolute atomic E-state index is 12.4. The van der Waals surface area contributed by atoms with Crippen LogP contribution in [0.1, 0.15) is 0 Å². The monoisotopic (exact) mass is 446 g/mol. The lowest BCUT2D eigenvalue weighted by atomic mass is 10.2. The predicted octanol–water partition coefficient (Wildman–Crippen LogP) is 4.69. The van der Waals surface area contributed by atoms with Crippen LogP contribution in [0.4, 0.5) is 27.5 Å². The second kappa shape index (κ2) is 8.80. The molecule has 0 spiro atoms. The zero-order valence-electron chi connectivity index (χ0n) is 15.2. The van der Waals surface area contributed by atoms with Crippen LogP contribution in [0.5, 0.6) is 0 Å². The lowest BCUT2D eigenvalue weighted by Gasteiger charge is -2.11. The van der Waals surface area contributed by atoms with Gasteiger partial charge in [0.15, 0.2) is 0 Å².